The molecule has 3 aromatic rings. The van der Waals surface area contributed by atoms with E-state index < -0.39 is 16.8 Å². The zero-order chi connectivity index (χ0) is 20.9. The highest BCUT2D eigenvalue weighted by Gasteiger charge is 2.22. The van der Waals surface area contributed by atoms with Crippen LogP contribution < -0.4 is 10.6 Å². The van der Waals surface area contributed by atoms with Crippen LogP contribution in [0, 0.1) is 0 Å². The van der Waals surface area contributed by atoms with Crippen molar-refractivity contribution in [3.63, 3.8) is 0 Å². The van der Waals surface area contributed by atoms with Gasteiger partial charge in [-0.15, -0.1) is 4.36 Å². The minimum atomic E-state index is -0.546. The van der Waals surface area contributed by atoms with E-state index in [2.05, 4.69) is 43.2 Å². The number of carbonyl (C=O) groups excluding carboxylic acids is 1. The molecule has 1 fully saturated rings. The number of hydrogen-bond acceptors (Lipinski definition) is 6. The van der Waals surface area contributed by atoms with Crippen LogP contribution in [-0.2, 0) is 22.0 Å². The summed E-state index contributed by atoms with van der Waals surface area (Å²) in [5, 5.41) is 7.95. The maximum atomic E-state index is 11.6. The molecule has 7 nitrogen and oxygen atoms in total. The second-order valence-corrected chi connectivity index (χ2v) is 8.75. The Morgan fingerprint density at radius 3 is 2.90 bits per heavy atom. The van der Waals surface area contributed by atoms with E-state index in [4.69, 9.17) is 4.74 Å². The lowest BCUT2D eigenvalue weighted by atomic mass is 10.2. The molecule has 156 valence electrons. The maximum Gasteiger partial charge on any atom is 0.439 e. The van der Waals surface area contributed by atoms with Gasteiger partial charge in [-0.25, -0.2) is 14.8 Å². The van der Waals surface area contributed by atoms with Crippen LogP contribution in [0.25, 0.3) is 10.9 Å². The van der Waals surface area contributed by atoms with Crippen LogP contribution in [0.5, 0.6) is 0 Å². The third-order valence-corrected chi connectivity index (χ3v) is 6.13. The summed E-state index contributed by atoms with van der Waals surface area (Å²) < 4.78 is 9.00. The lowest BCUT2D eigenvalue weighted by molar-refractivity contribution is 0.164. The van der Waals surface area contributed by atoms with Gasteiger partial charge < -0.3 is 15.4 Å². The number of nitrogens with zero attached hydrogens (tertiary/aromatic N) is 3. The Balaban J connectivity index is 1.45. The second-order valence-electron chi connectivity index (χ2n) is 7.14. The van der Waals surface area contributed by atoms with Gasteiger partial charge in [0.15, 0.2) is 0 Å². The lowest BCUT2D eigenvalue weighted by Crippen LogP contribution is -2.05. The molecule has 0 spiro atoms. The van der Waals surface area contributed by atoms with Gasteiger partial charge in [-0.3, -0.25) is 0 Å². The van der Waals surface area contributed by atoms with E-state index in [1.54, 1.807) is 13.3 Å². The molecule has 1 amide bonds. The number of anilines is 2. The standard InChI is InChI=1S/C22H25N5O2S/c1-3-29-22(28)27-30(2)18-6-4-5-15(11-18)13-23-17-9-10-19-20(12-17)24-14-25-21(19)26-16-7-8-16/h4-6,9-12,14,16,23H,3,7-8,13H2,1-2H3,(H,24,25,26). The predicted octanol–water partition coefficient (Wildman–Crippen LogP) is 4.76. The topological polar surface area (TPSA) is 88.5 Å². The van der Waals surface area contributed by atoms with E-state index in [1.807, 2.05) is 30.5 Å². The zero-order valence-corrected chi connectivity index (χ0v) is 17.9. The van der Waals surface area contributed by atoms with Crippen LogP contribution in [0.1, 0.15) is 25.3 Å². The molecular weight excluding hydrogens is 398 g/mol. The van der Waals surface area contributed by atoms with Gasteiger partial charge >= 0.3 is 6.09 Å². The highest BCUT2D eigenvalue weighted by molar-refractivity contribution is 7.86. The molecule has 2 N–H and O–H groups in total. The molecule has 1 aliphatic rings. The fourth-order valence-corrected chi connectivity index (χ4v) is 4.04. The van der Waals surface area contributed by atoms with Gasteiger partial charge in [-0.2, -0.15) is 0 Å². The van der Waals surface area contributed by atoms with Gasteiger partial charge in [0.05, 0.1) is 12.1 Å². The van der Waals surface area contributed by atoms with Crippen LogP contribution in [0.2, 0.25) is 0 Å². The molecule has 1 heterocycles. The van der Waals surface area contributed by atoms with Crippen molar-refractivity contribution >= 4 is 39.2 Å². The van der Waals surface area contributed by atoms with Crippen molar-refractivity contribution in [2.24, 2.45) is 4.36 Å². The Kier molecular flexibility index (Phi) is 6.23. The summed E-state index contributed by atoms with van der Waals surface area (Å²) >= 11 is 0. The van der Waals surface area contributed by atoms with Crippen molar-refractivity contribution in [1.29, 1.82) is 0 Å². The molecule has 0 saturated heterocycles. The van der Waals surface area contributed by atoms with Gasteiger partial charge in [0, 0.05) is 28.6 Å². The number of amides is 1. The maximum absolute atomic E-state index is 11.6. The lowest BCUT2D eigenvalue weighted by Gasteiger charge is -2.11. The molecule has 0 bridgehead atoms. The first-order valence-corrected chi connectivity index (χ1v) is 11.6. The Labute approximate surface area is 178 Å². The average molecular weight is 424 g/mol. The fourth-order valence-electron chi connectivity index (χ4n) is 3.06. The van der Waals surface area contributed by atoms with Crippen LogP contribution in [0.3, 0.4) is 0 Å². The third kappa shape index (κ3) is 5.13. The summed E-state index contributed by atoms with van der Waals surface area (Å²) in [5.41, 5.74) is 3.02. The number of fused-ring (bicyclic) bond motifs is 1. The van der Waals surface area contributed by atoms with Crippen molar-refractivity contribution < 1.29 is 9.53 Å². The number of hydrogen-bond donors (Lipinski definition) is 2. The molecule has 8 heteroatoms. The van der Waals surface area contributed by atoms with Gasteiger partial charge in [0.25, 0.3) is 0 Å². The first kappa shape index (κ1) is 20.3. The van der Waals surface area contributed by atoms with Crippen molar-refractivity contribution in [2.75, 3.05) is 23.5 Å². The summed E-state index contributed by atoms with van der Waals surface area (Å²) in [7, 11) is -0.546. The largest absolute Gasteiger partial charge is 0.448 e. The molecule has 1 unspecified atom stereocenters. The quantitative estimate of drug-likeness (QED) is 0.569. The van der Waals surface area contributed by atoms with Crippen molar-refractivity contribution in [3.05, 3.63) is 54.4 Å². The Morgan fingerprint density at radius 2 is 2.10 bits per heavy atom. The van der Waals surface area contributed by atoms with E-state index in [9.17, 15) is 4.79 Å². The predicted molar refractivity (Wildman–Crippen MR) is 121 cm³/mol. The molecule has 1 atom stereocenters. The van der Waals surface area contributed by atoms with E-state index >= 15 is 0 Å². The number of ether oxygens (including phenoxy) is 1. The summed E-state index contributed by atoms with van der Waals surface area (Å²) in [6.45, 7) is 2.77. The normalized spacial score (nSPS) is 14.5. The molecular formula is C22H25N5O2S. The molecule has 1 aromatic heterocycles. The number of carbonyl (C=O) groups is 1. The minimum Gasteiger partial charge on any atom is -0.448 e. The van der Waals surface area contributed by atoms with Crippen LogP contribution >= 0.6 is 0 Å². The number of benzene rings is 2. The zero-order valence-electron chi connectivity index (χ0n) is 17.1. The number of aromatic nitrogens is 2. The first-order chi connectivity index (χ1) is 14.6. The Bertz CT molecular complexity index is 1100. The fraction of sp³-hybridized carbons (Fsp3) is 0.318. The van der Waals surface area contributed by atoms with Crippen molar-refractivity contribution in [3.8, 4) is 0 Å². The van der Waals surface area contributed by atoms with Crippen LogP contribution in [-0.4, -0.2) is 35.0 Å². The molecule has 1 aliphatic carbocycles. The van der Waals surface area contributed by atoms with Gasteiger partial charge in [-0.05, 0) is 61.9 Å². The summed E-state index contributed by atoms with van der Waals surface area (Å²) in [6.07, 6.45) is 5.42. The van der Waals surface area contributed by atoms with Crippen LogP contribution in [0.15, 0.2) is 58.1 Å². The van der Waals surface area contributed by atoms with Crippen molar-refractivity contribution in [2.45, 2.75) is 37.2 Å². The average Bonchev–Trinajstić information content (AvgIpc) is 3.57. The first-order valence-electron chi connectivity index (χ1n) is 10.0. The van der Waals surface area contributed by atoms with Crippen molar-refractivity contribution in [1.82, 2.24) is 9.97 Å². The summed E-state index contributed by atoms with van der Waals surface area (Å²) in [4.78, 5) is 21.4. The molecule has 0 aliphatic heterocycles. The molecule has 1 saturated carbocycles. The third-order valence-electron chi connectivity index (χ3n) is 4.77. The molecule has 4 rings (SSSR count). The van der Waals surface area contributed by atoms with Gasteiger partial charge in [0.2, 0.25) is 0 Å². The highest BCUT2D eigenvalue weighted by Crippen LogP contribution is 2.28. The summed E-state index contributed by atoms with van der Waals surface area (Å²) in [5.74, 6) is 0.905. The van der Waals surface area contributed by atoms with Gasteiger partial charge in [-0.1, -0.05) is 22.8 Å². The summed E-state index contributed by atoms with van der Waals surface area (Å²) in [6, 6.07) is 14.8. The highest BCUT2D eigenvalue weighted by atomic mass is 32.2. The van der Waals surface area contributed by atoms with E-state index in [1.165, 1.54) is 12.8 Å². The smallest absolute Gasteiger partial charge is 0.439 e. The Hall–Kier alpha value is -3.00. The Morgan fingerprint density at radius 1 is 1.23 bits per heavy atom. The van der Waals surface area contributed by atoms with Crippen LogP contribution in [0.4, 0.5) is 16.3 Å². The minimum absolute atomic E-state index is 0.332. The second kappa shape index (κ2) is 9.21. The SMILES string of the molecule is CCOC(=O)/N=S(\C)c1cccc(CNc2ccc3c(NC4CC4)ncnc3c2)c1. The van der Waals surface area contributed by atoms with E-state index in [0.29, 0.717) is 19.2 Å². The monoisotopic (exact) mass is 423 g/mol. The van der Waals surface area contributed by atoms with Gasteiger partial charge in [0.1, 0.15) is 12.1 Å². The molecule has 2 aromatic carbocycles. The molecule has 0 radical (unpaired) electrons. The van der Waals surface area contributed by atoms with E-state index in [0.717, 1.165) is 32.9 Å². The van der Waals surface area contributed by atoms with E-state index in [-0.39, 0.29) is 0 Å². The molecule has 30 heavy (non-hydrogen) atoms. The number of nitrogens with one attached hydrogen (secondary N) is 2. The number of rotatable bonds is 7.